The summed E-state index contributed by atoms with van der Waals surface area (Å²) in [4.78, 5) is 0. The Morgan fingerprint density at radius 2 is 2.17 bits per heavy atom. The molecule has 0 saturated heterocycles. The van der Waals surface area contributed by atoms with Crippen LogP contribution < -0.4 is 5.73 Å². The number of hydrogen-bond donors (Lipinski definition) is 1. The minimum absolute atomic E-state index is 0.850. The van der Waals surface area contributed by atoms with Crippen molar-refractivity contribution >= 4 is 27.1 Å². The van der Waals surface area contributed by atoms with Gasteiger partial charge in [0.05, 0.1) is 15.8 Å². The van der Waals surface area contributed by atoms with Crippen molar-refractivity contribution in [2.45, 2.75) is 6.92 Å². The van der Waals surface area contributed by atoms with E-state index in [0.29, 0.717) is 0 Å². The third-order valence-corrected chi connectivity index (χ3v) is 3.04. The first kappa shape index (κ1) is 7.68. The lowest BCUT2D eigenvalue weighted by Gasteiger charge is -1.93. The number of pyridine rings is 1. The van der Waals surface area contributed by atoms with Crippen LogP contribution >= 0.6 is 15.9 Å². The second-order valence-electron chi connectivity index (χ2n) is 2.79. The van der Waals surface area contributed by atoms with Crippen LogP contribution in [0.2, 0.25) is 0 Å². The number of nitrogens with zero attached hydrogens (tertiary/aromatic N) is 1. The van der Waals surface area contributed by atoms with Gasteiger partial charge in [0.15, 0.2) is 0 Å². The molecule has 0 fully saturated rings. The largest absolute Gasteiger partial charge is 0.397 e. The Morgan fingerprint density at radius 3 is 2.83 bits per heavy atom. The molecule has 0 aliphatic heterocycles. The highest BCUT2D eigenvalue weighted by Gasteiger charge is 2.08. The van der Waals surface area contributed by atoms with Gasteiger partial charge in [0.2, 0.25) is 0 Å². The molecular formula is C9H9BrN2. The molecule has 2 nitrogen and oxygen atoms in total. The van der Waals surface area contributed by atoms with Crippen molar-refractivity contribution in [2.24, 2.45) is 0 Å². The van der Waals surface area contributed by atoms with E-state index < -0.39 is 0 Å². The smallest absolute Gasteiger partial charge is 0.0943 e. The predicted molar refractivity (Wildman–Crippen MR) is 54.2 cm³/mol. The molecule has 62 valence electrons. The van der Waals surface area contributed by atoms with Gasteiger partial charge in [0.1, 0.15) is 0 Å². The van der Waals surface area contributed by atoms with Crippen molar-refractivity contribution in [2.75, 3.05) is 5.73 Å². The molecule has 0 saturated carbocycles. The molecule has 0 atom stereocenters. The van der Waals surface area contributed by atoms with Gasteiger partial charge in [0, 0.05) is 11.8 Å². The van der Waals surface area contributed by atoms with Crippen molar-refractivity contribution in [3.05, 3.63) is 34.6 Å². The molecule has 0 aliphatic rings. The van der Waals surface area contributed by atoms with E-state index >= 15 is 0 Å². The summed E-state index contributed by atoms with van der Waals surface area (Å²) in [5.74, 6) is 0. The van der Waals surface area contributed by atoms with Crippen LogP contribution in [0.25, 0.3) is 5.52 Å². The molecular weight excluding hydrogens is 216 g/mol. The first-order valence-corrected chi connectivity index (χ1v) is 4.51. The van der Waals surface area contributed by atoms with Crippen LogP contribution in [-0.4, -0.2) is 4.40 Å². The van der Waals surface area contributed by atoms with E-state index in [1.165, 1.54) is 0 Å². The fraction of sp³-hybridized carbons (Fsp3) is 0.111. The lowest BCUT2D eigenvalue weighted by molar-refractivity contribution is 1.15. The van der Waals surface area contributed by atoms with Gasteiger partial charge in [-0.2, -0.15) is 0 Å². The highest BCUT2D eigenvalue weighted by molar-refractivity contribution is 9.10. The highest BCUT2D eigenvalue weighted by atomic mass is 79.9. The van der Waals surface area contributed by atoms with Crippen molar-refractivity contribution in [1.29, 1.82) is 0 Å². The first-order valence-electron chi connectivity index (χ1n) is 3.72. The lowest BCUT2D eigenvalue weighted by atomic mass is 10.3. The predicted octanol–water partition coefficient (Wildman–Crippen LogP) is 2.59. The molecule has 12 heavy (non-hydrogen) atoms. The van der Waals surface area contributed by atoms with Gasteiger partial charge in [0.25, 0.3) is 0 Å². The third kappa shape index (κ3) is 0.862. The number of rotatable bonds is 0. The molecule has 0 bridgehead atoms. The highest BCUT2D eigenvalue weighted by Crippen LogP contribution is 2.28. The Kier molecular flexibility index (Phi) is 1.61. The van der Waals surface area contributed by atoms with E-state index in [-0.39, 0.29) is 0 Å². The number of anilines is 1. The Hall–Kier alpha value is -0.960. The number of nitrogens with two attached hydrogens (primary N) is 1. The Labute approximate surface area is 79.1 Å². The minimum Gasteiger partial charge on any atom is -0.397 e. The minimum atomic E-state index is 0.850. The summed E-state index contributed by atoms with van der Waals surface area (Å²) in [5, 5.41) is 0. The fourth-order valence-corrected chi connectivity index (χ4v) is 1.84. The monoisotopic (exact) mass is 224 g/mol. The molecule has 0 aliphatic carbocycles. The van der Waals surface area contributed by atoms with Gasteiger partial charge in [-0.25, -0.2) is 0 Å². The molecule has 3 heteroatoms. The molecule has 2 aromatic rings. The van der Waals surface area contributed by atoms with Crippen LogP contribution in [0, 0.1) is 6.92 Å². The summed E-state index contributed by atoms with van der Waals surface area (Å²) in [6.45, 7) is 2.01. The van der Waals surface area contributed by atoms with Gasteiger partial charge >= 0.3 is 0 Å². The zero-order valence-electron chi connectivity index (χ0n) is 6.71. The van der Waals surface area contributed by atoms with E-state index in [4.69, 9.17) is 5.73 Å². The summed E-state index contributed by atoms with van der Waals surface area (Å²) in [6.07, 6.45) is 1.99. The maximum Gasteiger partial charge on any atom is 0.0943 e. The van der Waals surface area contributed by atoms with Crippen LogP contribution in [0.3, 0.4) is 0 Å². The number of halogens is 1. The first-order chi connectivity index (χ1) is 5.72. The average Bonchev–Trinajstić information content (AvgIpc) is 2.33. The summed E-state index contributed by atoms with van der Waals surface area (Å²) in [7, 11) is 0. The quantitative estimate of drug-likeness (QED) is 0.733. The normalized spacial score (nSPS) is 10.8. The van der Waals surface area contributed by atoms with Crippen LogP contribution in [0.4, 0.5) is 5.69 Å². The van der Waals surface area contributed by atoms with E-state index in [1.807, 2.05) is 35.7 Å². The summed E-state index contributed by atoms with van der Waals surface area (Å²) < 4.78 is 3.07. The fourth-order valence-electron chi connectivity index (χ4n) is 1.32. The molecule has 0 unspecified atom stereocenters. The molecule has 2 N–H and O–H groups in total. The average molecular weight is 225 g/mol. The third-order valence-electron chi connectivity index (χ3n) is 2.06. The van der Waals surface area contributed by atoms with Crippen LogP contribution in [-0.2, 0) is 0 Å². The molecule has 0 amide bonds. The number of hydrogen-bond acceptors (Lipinski definition) is 1. The SMILES string of the molecule is Cc1c(N)c2ccccn2c1Br. The molecule has 2 rings (SSSR count). The van der Waals surface area contributed by atoms with Crippen molar-refractivity contribution < 1.29 is 0 Å². The molecule has 0 aromatic carbocycles. The number of nitrogen functional groups attached to an aromatic ring is 1. The number of fused-ring (bicyclic) bond motifs is 1. The molecule has 0 radical (unpaired) electrons. The summed E-state index contributed by atoms with van der Waals surface area (Å²) in [6, 6.07) is 5.97. The van der Waals surface area contributed by atoms with Crippen molar-refractivity contribution in [1.82, 2.24) is 4.40 Å². The second kappa shape index (κ2) is 2.52. The van der Waals surface area contributed by atoms with E-state index in [1.54, 1.807) is 0 Å². The van der Waals surface area contributed by atoms with Crippen molar-refractivity contribution in [3.63, 3.8) is 0 Å². The van der Waals surface area contributed by atoms with Crippen LogP contribution in [0.5, 0.6) is 0 Å². The lowest BCUT2D eigenvalue weighted by Crippen LogP contribution is -1.85. The Bertz CT molecular complexity index is 392. The maximum atomic E-state index is 5.89. The van der Waals surface area contributed by atoms with Crippen LogP contribution in [0.15, 0.2) is 29.0 Å². The zero-order valence-corrected chi connectivity index (χ0v) is 8.30. The van der Waals surface area contributed by atoms with Gasteiger partial charge in [-0.1, -0.05) is 6.07 Å². The topological polar surface area (TPSA) is 30.4 Å². The van der Waals surface area contributed by atoms with Crippen LogP contribution in [0.1, 0.15) is 5.56 Å². The number of aromatic nitrogens is 1. The van der Waals surface area contributed by atoms with Gasteiger partial charge in [-0.3, -0.25) is 0 Å². The van der Waals surface area contributed by atoms with E-state index in [0.717, 1.165) is 21.4 Å². The summed E-state index contributed by atoms with van der Waals surface area (Å²) >= 11 is 3.48. The Morgan fingerprint density at radius 1 is 1.42 bits per heavy atom. The maximum absolute atomic E-state index is 5.89. The molecule has 2 heterocycles. The second-order valence-corrected chi connectivity index (χ2v) is 3.54. The van der Waals surface area contributed by atoms with Gasteiger partial charge in [-0.15, -0.1) is 0 Å². The van der Waals surface area contributed by atoms with Gasteiger partial charge in [-0.05, 0) is 35.0 Å². The molecule has 0 spiro atoms. The summed E-state index contributed by atoms with van der Waals surface area (Å²) in [5.41, 5.74) is 8.89. The zero-order chi connectivity index (χ0) is 8.72. The Balaban J connectivity index is 2.99. The standard InChI is InChI=1S/C9H9BrN2/c1-6-8(11)7-4-2-3-5-12(7)9(6)10/h2-5H,11H2,1H3. The molecule has 2 aromatic heterocycles. The van der Waals surface area contributed by atoms with E-state index in [9.17, 15) is 0 Å². The van der Waals surface area contributed by atoms with Gasteiger partial charge < -0.3 is 10.1 Å². The van der Waals surface area contributed by atoms with E-state index in [2.05, 4.69) is 15.9 Å². The van der Waals surface area contributed by atoms with Crippen molar-refractivity contribution in [3.8, 4) is 0 Å².